The van der Waals surface area contributed by atoms with Gasteiger partial charge in [0.15, 0.2) is 5.69 Å². The molecule has 0 fully saturated rings. The van der Waals surface area contributed by atoms with Crippen molar-refractivity contribution in [2.45, 2.75) is 12.6 Å². The summed E-state index contributed by atoms with van der Waals surface area (Å²) in [5.74, 6) is 0. The molecule has 0 aliphatic heterocycles. The first kappa shape index (κ1) is 13.1. The molecule has 0 saturated carbocycles. The lowest BCUT2D eigenvalue weighted by Gasteiger charge is -2.13. The largest absolute Gasteiger partial charge is 0.433 e. The van der Waals surface area contributed by atoms with Crippen LogP contribution in [0, 0.1) is 3.70 Å². The quantitative estimate of drug-likeness (QED) is 0.386. The molecule has 15 heavy (non-hydrogen) atoms. The summed E-state index contributed by atoms with van der Waals surface area (Å²) in [4.78, 5) is 3.08. The number of hydrogen-bond acceptors (Lipinski definition) is 1. The van der Waals surface area contributed by atoms with Crippen LogP contribution < -0.4 is 0 Å². The molecule has 84 valence electrons. The Morgan fingerprint density at radius 3 is 2.27 bits per heavy atom. The van der Waals surface area contributed by atoms with Gasteiger partial charge >= 0.3 is 6.18 Å². The van der Waals surface area contributed by atoms with Crippen LogP contribution in [-0.4, -0.2) is 4.98 Å². The van der Waals surface area contributed by atoms with Gasteiger partial charge in [-0.15, -0.1) is 0 Å². The second kappa shape index (κ2) is 4.48. The molecule has 0 radical (unpaired) electrons. The highest BCUT2D eigenvalue weighted by atomic mass is 127. The van der Waals surface area contributed by atoms with Crippen LogP contribution in [0.25, 0.3) is 0 Å². The Hall–Kier alpha value is 0.01000. The van der Waals surface area contributed by atoms with E-state index in [1.807, 2.05) is 0 Å². The van der Waals surface area contributed by atoms with Gasteiger partial charge in [-0.2, -0.15) is 13.2 Å². The minimum atomic E-state index is -4.88. The summed E-state index contributed by atoms with van der Waals surface area (Å²) in [6.07, 6.45) is -8.10. The molecule has 0 saturated heterocycles. The van der Waals surface area contributed by atoms with E-state index >= 15 is 0 Å². The summed E-state index contributed by atoms with van der Waals surface area (Å²) in [5.41, 5.74) is -2.67. The Balaban J connectivity index is 3.47. The highest BCUT2D eigenvalue weighted by Crippen LogP contribution is 2.39. The first-order valence-electron chi connectivity index (χ1n) is 3.44. The summed E-state index contributed by atoms with van der Waals surface area (Å²) in [6, 6.07) is 1.11. The first-order chi connectivity index (χ1) is 6.73. The molecule has 0 N–H and O–H groups in total. The molecule has 0 atom stereocenters. The first-order valence-corrected chi connectivity index (χ1v) is 5.32. The van der Waals surface area contributed by atoms with Gasteiger partial charge in [-0.25, -0.2) is 13.8 Å². The van der Waals surface area contributed by atoms with Gasteiger partial charge < -0.3 is 0 Å². The predicted molar refractivity (Wildman–Crippen MR) is 54.6 cm³/mol. The van der Waals surface area contributed by atoms with Crippen molar-refractivity contribution in [3.63, 3.8) is 0 Å². The van der Waals surface area contributed by atoms with E-state index in [4.69, 9.17) is 0 Å². The second-order valence-corrected chi connectivity index (χ2v) is 4.45. The molecule has 8 heteroatoms. The second-order valence-electron chi connectivity index (χ2n) is 2.49. The molecule has 0 spiro atoms. The topological polar surface area (TPSA) is 12.9 Å². The number of nitrogens with zero attached hydrogens (tertiary/aromatic N) is 1. The van der Waals surface area contributed by atoms with E-state index in [1.54, 1.807) is 0 Å². The third-order valence-corrected chi connectivity index (χ3v) is 2.67. The van der Waals surface area contributed by atoms with Crippen LogP contribution in [0.2, 0.25) is 0 Å². The van der Waals surface area contributed by atoms with E-state index in [0.29, 0.717) is 0 Å². The van der Waals surface area contributed by atoms with Crippen LogP contribution in [-0.2, 0) is 6.18 Å². The number of aromatic nitrogens is 1. The van der Waals surface area contributed by atoms with Crippen LogP contribution in [0.15, 0.2) is 10.5 Å². The van der Waals surface area contributed by atoms with Gasteiger partial charge in [-0.1, -0.05) is 15.9 Å². The van der Waals surface area contributed by atoms with Crippen LogP contribution in [0.4, 0.5) is 22.0 Å². The average Bonchev–Trinajstić information content (AvgIpc) is 1.99. The summed E-state index contributed by atoms with van der Waals surface area (Å²) in [7, 11) is 0. The summed E-state index contributed by atoms with van der Waals surface area (Å²) in [6.45, 7) is 0. The lowest BCUT2D eigenvalue weighted by Crippen LogP contribution is -2.14. The van der Waals surface area contributed by atoms with Crippen LogP contribution in [0.1, 0.15) is 17.7 Å². The predicted octanol–water partition coefficient (Wildman–Crippen LogP) is 4.41. The molecule has 1 aromatic rings. The molecular weight excluding hydrogens is 400 g/mol. The van der Waals surface area contributed by atoms with Gasteiger partial charge in [0.05, 0.1) is 5.56 Å². The van der Waals surface area contributed by atoms with Crippen molar-refractivity contribution in [1.29, 1.82) is 0 Å². The molecular formula is C7H2BrF5IN. The SMILES string of the molecule is FC(F)c1c(Br)cc(I)nc1C(F)(F)F. The zero-order valence-corrected chi connectivity index (χ0v) is 10.5. The van der Waals surface area contributed by atoms with Gasteiger partial charge in [-0.05, 0) is 28.7 Å². The maximum atomic E-state index is 12.4. The molecule has 1 rings (SSSR count). The Labute approximate surface area is 103 Å². The van der Waals surface area contributed by atoms with Gasteiger partial charge in [0, 0.05) is 4.47 Å². The number of alkyl halides is 5. The lowest BCUT2D eigenvalue weighted by atomic mass is 10.2. The zero-order valence-electron chi connectivity index (χ0n) is 6.75. The van der Waals surface area contributed by atoms with E-state index in [2.05, 4.69) is 20.9 Å². The number of rotatable bonds is 1. The van der Waals surface area contributed by atoms with Crippen molar-refractivity contribution in [1.82, 2.24) is 4.98 Å². The van der Waals surface area contributed by atoms with Gasteiger partial charge in [-0.3, -0.25) is 0 Å². The molecule has 0 amide bonds. The van der Waals surface area contributed by atoms with Crippen molar-refractivity contribution in [3.05, 3.63) is 25.5 Å². The van der Waals surface area contributed by atoms with Gasteiger partial charge in [0.25, 0.3) is 6.43 Å². The van der Waals surface area contributed by atoms with E-state index in [1.165, 1.54) is 22.6 Å². The maximum absolute atomic E-state index is 12.4. The molecule has 0 bridgehead atoms. The fourth-order valence-corrected chi connectivity index (χ4v) is 2.48. The average molecular weight is 402 g/mol. The fraction of sp³-hybridized carbons (Fsp3) is 0.286. The normalized spacial score (nSPS) is 12.3. The molecule has 0 aliphatic carbocycles. The number of hydrogen-bond donors (Lipinski definition) is 0. The van der Waals surface area contributed by atoms with Gasteiger partial charge in [0.1, 0.15) is 3.70 Å². The minimum Gasteiger partial charge on any atom is -0.237 e. The Morgan fingerprint density at radius 2 is 1.87 bits per heavy atom. The molecule has 1 heterocycles. The number of pyridine rings is 1. The maximum Gasteiger partial charge on any atom is 0.433 e. The van der Waals surface area contributed by atoms with Crippen molar-refractivity contribution < 1.29 is 22.0 Å². The number of halogens is 7. The van der Waals surface area contributed by atoms with Crippen molar-refractivity contribution in [2.75, 3.05) is 0 Å². The monoisotopic (exact) mass is 401 g/mol. The van der Waals surface area contributed by atoms with E-state index in [9.17, 15) is 22.0 Å². The van der Waals surface area contributed by atoms with Crippen LogP contribution in [0.5, 0.6) is 0 Å². The highest BCUT2D eigenvalue weighted by molar-refractivity contribution is 14.1. The van der Waals surface area contributed by atoms with Crippen LogP contribution in [0.3, 0.4) is 0 Å². The lowest BCUT2D eigenvalue weighted by molar-refractivity contribution is -0.143. The molecule has 1 aromatic heterocycles. The zero-order chi connectivity index (χ0) is 11.8. The van der Waals surface area contributed by atoms with Crippen molar-refractivity contribution >= 4 is 38.5 Å². The standard InChI is InChI=1S/C7H2BrF5IN/c8-2-1-3(14)15-5(7(11,12)13)4(2)6(9)10/h1,6H. The third-order valence-electron chi connectivity index (χ3n) is 1.46. The Kier molecular flexibility index (Phi) is 3.90. The third kappa shape index (κ3) is 2.99. The van der Waals surface area contributed by atoms with Crippen molar-refractivity contribution in [3.8, 4) is 0 Å². The molecule has 1 nitrogen and oxygen atoms in total. The molecule has 0 aliphatic rings. The Morgan fingerprint density at radius 1 is 1.33 bits per heavy atom. The Bertz CT molecular complexity index is 378. The molecule has 0 aromatic carbocycles. The van der Waals surface area contributed by atoms with E-state index in [0.717, 1.165) is 6.07 Å². The fourth-order valence-electron chi connectivity index (χ4n) is 0.918. The summed E-state index contributed by atoms with van der Waals surface area (Å²) in [5, 5.41) is 0. The summed E-state index contributed by atoms with van der Waals surface area (Å²) >= 11 is 4.19. The highest BCUT2D eigenvalue weighted by Gasteiger charge is 2.39. The van der Waals surface area contributed by atoms with E-state index < -0.39 is 23.9 Å². The van der Waals surface area contributed by atoms with Crippen LogP contribution >= 0.6 is 38.5 Å². The van der Waals surface area contributed by atoms with Crippen molar-refractivity contribution in [2.24, 2.45) is 0 Å². The van der Waals surface area contributed by atoms with E-state index in [-0.39, 0.29) is 8.17 Å². The van der Waals surface area contributed by atoms with Gasteiger partial charge in [0.2, 0.25) is 0 Å². The molecule has 0 unspecified atom stereocenters. The smallest absolute Gasteiger partial charge is 0.237 e. The summed E-state index contributed by atoms with van der Waals surface area (Å²) < 4.78 is 61.5. The minimum absolute atomic E-state index is 0.00352.